The molecule has 0 saturated heterocycles. The number of anilines is 2. The quantitative estimate of drug-likeness (QED) is 0.458. The van der Waals surface area contributed by atoms with Crippen LogP contribution in [0.4, 0.5) is 11.5 Å². The van der Waals surface area contributed by atoms with E-state index in [0.29, 0.717) is 17.5 Å². The number of halogens is 1. The van der Waals surface area contributed by atoms with E-state index in [1.165, 1.54) is 0 Å². The second-order valence-corrected chi connectivity index (χ2v) is 6.41. The van der Waals surface area contributed by atoms with E-state index in [0.717, 1.165) is 33.7 Å². The SMILES string of the molecule is CCOc1ccccc1Nc1nc(-c2ccc(Cl)cc2)nc2ccccc12. The van der Waals surface area contributed by atoms with Gasteiger partial charge in [0.25, 0.3) is 0 Å². The summed E-state index contributed by atoms with van der Waals surface area (Å²) in [6, 6.07) is 23.3. The van der Waals surface area contributed by atoms with Gasteiger partial charge in [0.05, 0.1) is 17.8 Å². The largest absolute Gasteiger partial charge is 0.492 e. The lowest BCUT2D eigenvalue weighted by Crippen LogP contribution is -2.02. The number of ether oxygens (including phenoxy) is 1. The van der Waals surface area contributed by atoms with Crippen molar-refractivity contribution in [3.05, 3.63) is 77.8 Å². The number of hydrogen-bond donors (Lipinski definition) is 1. The van der Waals surface area contributed by atoms with E-state index >= 15 is 0 Å². The van der Waals surface area contributed by atoms with Gasteiger partial charge in [-0.3, -0.25) is 0 Å². The first-order valence-electron chi connectivity index (χ1n) is 8.76. The number of aromatic nitrogens is 2. The smallest absolute Gasteiger partial charge is 0.162 e. The summed E-state index contributed by atoms with van der Waals surface area (Å²) in [4.78, 5) is 9.49. The van der Waals surface area contributed by atoms with Crippen LogP contribution in [-0.2, 0) is 0 Å². The number of hydrogen-bond acceptors (Lipinski definition) is 4. The van der Waals surface area contributed by atoms with Gasteiger partial charge in [0, 0.05) is 16.0 Å². The number of para-hydroxylation sites is 3. The van der Waals surface area contributed by atoms with Gasteiger partial charge in [-0.2, -0.15) is 0 Å². The normalized spacial score (nSPS) is 10.7. The van der Waals surface area contributed by atoms with Crippen molar-refractivity contribution < 1.29 is 4.74 Å². The molecule has 3 aromatic carbocycles. The molecule has 0 saturated carbocycles. The Labute approximate surface area is 162 Å². The summed E-state index contributed by atoms with van der Waals surface area (Å²) in [5, 5.41) is 5.05. The van der Waals surface area contributed by atoms with Crippen molar-refractivity contribution in [1.29, 1.82) is 0 Å². The highest BCUT2D eigenvalue weighted by molar-refractivity contribution is 6.30. The number of benzene rings is 3. The van der Waals surface area contributed by atoms with Gasteiger partial charge >= 0.3 is 0 Å². The molecule has 0 radical (unpaired) electrons. The van der Waals surface area contributed by atoms with Gasteiger partial charge in [-0.15, -0.1) is 0 Å². The molecule has 27 heavy (non-hydrogen) atoms. The maximum absolute atomic E-state index is 6.01. The van der Waals surface area contributed by atoms with Crippen molar-refractivity contribution in [2.24, 2.45) is 0 Å². The summed E-state index contributed by atoms with van der Waals surface area (Å²) in [6.07, 6.45) is 0. The van der Waals surface area contributed by atoms with Crippen LogP contribution >= 0.6 is 11.6 Å². The zero-order valence-corrected chi connectivity index (χ0v) is 15.6. The lowest BCUT2D eigenvalue weighted by molar-refractivity contribution is 0.342. The molecule has 4 nitrogen and oxygen atoms in total. The molecule has 0 aliphatic rings. The number of fused-ring (bicyclic) bond motifs is 1. The Balaban J connectivity index is 1.83. The van der Waals surface area contributed by atoms with E-state index in [2.05, 4.69) is 5.32 Å². The molecule has 4 aromatic rings. The molecule has 1 N–H and O–H groups in total. The third-order valence-corrected chi connectivity index (χ3v) is 4.40. The molecule has 0 aliphatic heterocycles. The zero-order chi connectivity index (χ0) is 18.6. The molecular formula is C22H18ClN3O. The van der Waals surface area contributed by atoms with Gasteiger partial charge in [0.2, 0.25) is 0 Å². The van der Waals surface area contributed by atoms with E-state index in [-0.39, 0.29) is 0 Å². The molecule has 4 rings (SSSR count). The summed E-state index contributed by atoms with van der Waals surface area (Å²) >= 11 is 6.01. The third kappa shape index (κ3) is 3.71. The lowest BCUT2D eigenvalue weighted by Gasteiger charge is -2.14. The summed E-state index contributed by atoms with van der Waals surface area (Å²) < 4.78 is 5.73. The molecule has 0 bridgehead atoms. The fraction of sp³-hybridized carbons (Fsp3) is 0.0909. The van der Waals surface area contributed by atoms with E-state index in [1.54, 1.807) is 0 Å². The molecular weight excluding hydrogens is 358 g/mol. The van der Waals surface area contributed by atoms with Crippen molar-refractivity contribution in [3.8, 4) is 17.1 Å². The van der Waals surface area contributed by atoms with Gasteiger partial charge in [0.15, 0.2) is 5.82 Å². The molecule has 0 unspecified atom stereocenters. The summed E-state index contributed by atoms with van der Waals surface area (Å²) in [5.41, 5.74) is 2.64. The van der Waals surface area contributed by atoms with Crippen LogP contribution < -0.4 is 10.1 Å². The molecule has 1 aromatic heterocycles. The predicted molar refractivity (Wildman–Crippen MR) is 111 cm³/mol. The van der Waals surface area contributed by atoms with Crippen LogP contribution in [0.1, 0.15) is 6.92 Å². The zero-order valence-electron chi connectivity index (χ0n) is 14.8. The number of rotatable bonds is 5. The maximum Gasteiger partial charge on any atom is 0.162 e. The first-order chi connectivity index (χ1) is 13.2. The van der Waals surface area contributed by atoms with Crippen molar-refractivity contribution in [2.75, 3.05) is 11.9 Å². The minimum absolute atomic E-state index is 0.596. The lowest BCUT2D eigenvalue weighted by atomic mass is 10.1. The van der Waals surface area contributed by atoms with E-state index < -0.39 is 0 Å². The van der Waals surface area contributed by atoms with Gasteiger partial charge in [0.1, 0.15) is 11.6 Å². The molecule has 5 heteroatoms. The summed E-state index contributed by atoms with van der Waals surface area (Å²) in [5.74, 6) is 2.16. The predicted octanol–water partition coefficient (Wildman–Crippen LogP) is 6.09. The first-order valence-corrected chi connectivity index (χ1v) is 9.14. The van der Waals surface area contributed by atoms with Crippen LogP contribution in [0.3, 0.4) is 0 Å². The Morgan fingerprint density at radius 2 is 1.63 bits per heavy atom. The van der Waals surface area contributed by atoms with Crippen LogP contribution in [0.5, 0.6) is 5.75 Å². The molecule has 0 atom stereocenters. The second-order valence-electron chi connectivity index (χ2n) is 5.97. The Morgan fingerprint density at radius 3 is 2.44 bits per heavy atom. The molecule has 0 spiro atoms. The molecule has 0 fully saturated rings. The minimum Gasteiger partial charge on any atom is -0.492 e. The highest BCUT2D eigenvalue weighted by Crippen LogP contribution is 2.31. The van der Waals surface area contributed by atoms with Crippen LogP contribution in [0.15, 0.2) is 72.8 Å². The van der Waals surface area contributed by atoms with E-state index in [1.807, 2.05) is 79.7 Å². The second kappa shape index (κ2) is 7.64. The molecule has 0 amide bonds. The highest BCUT2D eigenvalue weighted by atomic mass is 35.5. The van der Waals surface area contributed by atoms with E-state index in [4.69, 9.17) is 26.3 Å². The maximum atomic E-state index is 6.01. The summed E-state index contributed by atoms with van der Waals surface area (Å²) in [7, 11) is 0. The number of nitrogens with one attached hydrogen (secondary N) is 1. The summed E-state index contributed by atoms with van der Waals surface area (Å²) in [6.45, 7) is 2.56. The van der Waals surface area contributed by atoms with Crippen molar-refractivity contribution in [3.63, 3.8) is 0 Å². The van der Waals surface area contributed by atoms with Crippen LogP contribution in [0.2, 0.25) is 5.02 Å². The van der Waals surface area contributed by atoms with Crippen molar-refractivity contribution >= 4 is 34.0 Å². The van der Waals surface area contributed by atoms with Crippen LogP contribution in [-0.4, -0.2) is 16.6 Å². The minimum atomic E-state index is 0.596. The Kier molecular flexibility index (Phi) is 4.90. The molecule has 0 aliphatic carbocycles. The van der Waals surface area contributed by atoms with Gasteiger partial charge in [-0.1, -0.05) is 35.9 Å². The standard InChI is InChI=1S/C22H18ClN3O/c1-2-27-20-10-6-5-9-19(20)25-22-17-7-3-4-8-18(17)24-21(26-22)15-11-13-16(23)14-12-15/h3-14H,2H2,1H3,(H,24,25,26). The topological polar surface area (TPSA) is 47.0 Å². The number of nitrogens with zero attached hydrogens (tertiary/aromatic N) is 2. The molecule has 1 heterocycles. The van der Waals surface area contributed by atoms with Crippen LogP contribution in [0.25, 0.3) is 22.3 Å². The van der Waals surface area contributed by atoms with Crippen molar-refractivity contribution in [2.45, 2.75) is 6.92 Å². The molecule has 134 valence electrons. The van der Waals surface area contributed by atoms with Crippen LogP contribution in [0, 0.1) is 0 Å². The first kappa shape index (κ1) is 17.3. The van der Waals surface area contributed by atoms with Gasteiger partial charge in [-0.05, 0) is 55.5 Å². The Bertz CT molecular complexity index is 1080. The average Bonchev–Trinajstić information content (AvgIpc) is 2.70. The Hall–Kier alpha value is -3.11. The third-order valence-electron chi connectivity index (χ3n) is 4.15. The fourth-order valence-electron chi connectivity index (χ4n) is 2.88. The van der Waals surface area contributed by atoms with Gasteiger partial charge < -0.3 is 10.1 Å². The van der Waals surface area contributed by atoms with Crippen molar-refractivity contribution in [1.82, 2.24) is 9.97 Å². The monoisotopic (exact) mass is 375 g/mol. The highest BCUT2D eigenvalue weighted by Gasteiger charge is 2.11. The fourth-order valence-corrected chi connectivity index (χ4v) is 3.00. The Morgan fingerprint density at radius 1 is 0.889 bits per heavy atom. The average molecular weight is 376 g/mol. The van der Waals surface area contributed by atoms with Gasteiger partial charge in [-0.25, -0.2) is 9.97 Å². The van der Waals surface area contributed by atoms with E-state index in [9.17, 15) is 0 Å².